The smallest absolute Gasteiger partial charge is 0.341 e. The topological polar surface area (TPSA) is 78.4 Å². The van der Waals surface area contributed by atoms with Crippen LogP contribution in [-0.4, -0.2) is 33.0 Å². The number of nitrogens with one attached hydrogen (secondary N) is 1. The van der Waals surface area contributed by atoms with Crippen molar-refractivity contribution in [2.24, 2.45) is 5.16 Å². The zero-order valence-electron chi connectivity index (χ0n) is 17.0. The lowest BCUT2D eigenvalue weighted by molar-refractivity contribution is -0.133. The minimum absolute atomic E-state index is 0.147. The zero-order chi connectivity index (χ0) is 21.9. The summed E-state index contributed by atoms with van der Waals surface area (Å²) < 4.78 is 10.8. The van der Waals surface area contributed by atoms with Crippen molar-refractivity contribution in [3.8, 4) is 0 Å². The van der Waals surface area contributed by atoms with Gasteiger partial charge in [0.1, 0.15) is 25.0 Å². The minimum atomic E-state index is -0.508. The van der Waals surface area contributed by atoms with Crippen LogP contribution in [0, 0.1) is 0 Å². The fourth-order valence-corrected chi connectivity index (χ4v) is 2.85. The molecule has 158 valence electrons. The largest absolute Gasteiger partial charge is 0.503 e. The summed E-state index contributed by atoms with van der Waals surface area (Å²) in [4.78, 5) is 22.7. The molecule has 2 aromatic rings. The lowest BCUT2D eigenvalue weighted by Crippen LogP contribution is -2.21. The maximum atomic E-state index is 12.1. The number of esters is 1. The molecule has 0 atom stereocenters. The number of halogens is 1. The van der Waals surface area contributed by atoms with Crippen molar-refractivity contribution in [1.82, 2.24) is 5.48 Å². The molecule has 0 bridgehead atoms. The first-order valence-corrected chi connectivity index (χ1v) is 9.64. The van der Waals surface area contributed by atoms with Gasteiger partial charge < -0.3 is 14.3 Å². The molecule has 8 heteroatoms. The molecule has 0 aliphatic heterocycles. The van der Waals surface area contributed by atoms with Crippen LogP contribution in [0.2, 0.25) is 0 Å². The normalized spacial score (nSPS) is 11.6. The lowest BCUT2D eigenvalue weighted by atomic mass is 10.0. The Balaban J connectivity index is 2.13. The second-order valence-electron chi connectivity index (χ2n) is 5.91. The van der Waals surface area contributed by atoms with Gasteiger partial charge in [0.15, 0.2) is 0 Å². The summed E-state index contributed by atoms with van der Waals surface area (Å²) in [5.74, 6) is -0.508. The van der Waals surface area contributed by atoms with Gasteiger partial charge >= 0.3 is 5.97 Å². The molecular formula is C22H23BrN2O5. The van der Waals surface area contributed by atoms with E-state index >= 15 is 0 Å². The van der Waals surface area contributed by atoms with Crippen molar-refractivity contribution in [3.05, 3.63) is 88.2 Å². The Hall–Kier alpha value is -3.10. The summed E-state index contributed by atoms with van der Waals surface area (Å²) in [5, 5.41) is 4.03. The first-order chi connectivity index (χ1) is 14.5. The van der Waals surface area contributed by atoms with Crippen LogP contribution in [0.25, 0.3) is 5.57 Å². The Morgan fingerprint density at radius 1 is 1.13 bits per heavy atom. The van der Waals surface area contributed by atoms with Crippen molar-refractivity contribution < 1.29 is 23.9 Å². The summed E-state index contributed by atoms with van der Waals surface area (Å²) in [6.45, 7) is 4.11. The number of benzene rings is 2. The molecule has 0 aromatic heterocycles. The lowest BCUT2D eigenvalue weighted by Gasteiger charge is -2.14. The van der Waals surface area contributed by atoms with E-state index in [1.807, 2.05) is 42.5 Å². The highest BCUT2D eigenvalue weighted by Crippen LogP contribution is 2.22. The van der Waals surface area contributed by atoms with E-state index in [1.165, 1.54) is 27.6 Å². The van der Waals surface area contributed by atoms with Gasteiger partial charge in [0.25, 0.3) is 0 Å². The molecule has 0 spiro atoms. The van der Waals surface area contributed by atoms with Crippen molar-refractivity contribution in [1.29, 1.82) is 0 Å². The van der Waals surface area contributed by atoms with Crippen LogP contribution in [0.5, 0.6) is 0 Å². The van der Waals surface area contributed by atoms with E-state index in [4.69, 9.17) is 19.1 Å². The van der Waals surface area contributed by atoms with Crippen LogP contribution in [-0.2, 0) is 30.6 Å². The Morgan fingerprint density at radius 2 is 1.83 bits per heavy atom. The van der Waals surface area contributed by atoms with Crippen LogP contribution in [0.3, 0.4) is 0 Å². The molecule has 0 fully saturated rings. The van der Waals surface area contributed by atoms with E-state index in [0.717, 1.165) is 15.6 Å². The van der Waals surface area contributed by atoms with Gasteiger partial charge in [-0.2, -0.15) is 0 Å². The SMILES string of the molecule is C=C(NOCc1ccccc1C(=COC)C(=O)OC)C(=NOC)c1ccc(Br)cc1. The number of carbonyl (C=O) groups is 1. The molecule has 0 aliphatic carbocycles. The second kappa shape index (κ2) is 11.8. The van der Waals surface area contributed by atoms with Gasteiger partial charge in [-0.3, -0.25) is 10.3 Å². The fraction of sp³-hybridized carbons (Fsp3) is 0.182. The van der Waals surface area contributed by atoms with Gasteiger partial charge in [0.05, 0.1) is 26.2 Å². The third-order valence-corrected chi connectivity index (χ3v) is 4.49. The first-order valence-electron chi connectivity index (χ1n) is 8.85. The average Bonchev–Trinajstić information content (AvgIpc) is 2.76. The third-order valence-electron chi connectivity index (χ3n) is 3.96. The zero-order valence-corrected chi connectivity index (χ0v) is 18.6. The van der Waals surface area contributed by atoms with Crippen molar-refractivity contribution >= 4 is 33.2 Å². The molecular weight excluding hydrogens is 452 g/mol. The van der Waals surface area contributed by atoms with Crippen LogP contribution < -0.4 is 5.48 Å². The van der Waals surface area contributed by atoms with Gasteiger partial charge in [-0.25, -0.2) is 4.79 Å². The predicted octanol–water partition coefficient (Wildman–Crippen LogP) is 4.20. The first kappa shape index (κ1) is 23.2. The summed E-state index contributed by atoms with van der Waals surface area (Å²) in [5.41, 5.74) is 6.17. The van der Waals surface area contributed by atoms with E-state index in [1.54, 1.807) is 6.07 Å². The molecule has 30 heavy (non-hydrogen) atoms. The van der Waals surface area contributed by atoms with E-state index in [0.29, 0.717) is 17.0 Å². The molecule has 7 nitrogen and oxygen atoms in total. The van der Waals surface area contributed by atoms with Crippen LogP contribution in [0.15, 0.2) is 76.7 Å². The third kappa shape index (κ3) is 6.20. The molecule has 0 unspecified atom stereocenters. The van der Waals surface area contributed by atoms with Crippen LogP contribution >= 0.6 is 15.9 Å². The van der Waals surface area contributed by atoms with Gasteiger partial charge in [-0.15, -0.1) is 0 Å². The number of carbonyl (C=O) groups excluding carboxylic acids is 1. The molecule has 0 heterocycles. The van der Waals surface area contributed by atoms with Crippen molar-refractivity contribution in [2.45, 2.75) is 6.61 Å². The highest BCUT2D eigenvalue weighted by molar-refractivity contribution is 9.10. The number of allylic oxidation sites excluding steroid dienone is 1. The molecule has 0 saturated carbocycles. The average molecular weight is 475 g/mol. The fourth-order valence-electron chi connectivity index (χ4n) is 2.59. The van der Waals surface area contributed by atoms with E-state index in [2.05, 4.69) is 33.1 Å². The number of hydrogen-bond acceptors (Lipinski definition) is 7. The van der Waals surface area contributed by atoms with E-state index in [-0.39, 0.29) is 12.2 Å². The Bertz CT molecular complexity index is 939. The van der Waals surface area contributed by atoms with E-state index in [9.17, 15) is 4.79 Å². The van der Waals surface area contributed by atoms with Crippen molar-refractivity contribution in [3.63, 3.8) is 0 Å². The van der Waals surface area contributed by atoms with Gasteiger partial charge in [0.2, 0.25) is 0 Å². The Kier molecular flexibility index (Phi) is 9.11. The number of oxime groups is 1. The maximum Gasteiger partial charge on any atom is 0.341 e. The molecule has 0 saturated heterocycles. The molecule has 0 amide bonds. The summed E-state index contributed by atoms with van der Waals surface area (Å²) in [6.07, 6.45) is 1.34. The van der Waals surface area contributed by atoms with Gasteiger partial charge in [0, 0.05) is 10.0 Å². The summed E-state index contributed by atoms with van der Waals surface area (Å²) in [7, 11) is 4.24. The Labute approximate surface area is 184 Å². The van der Waals surface area contributed by atoms with Crippen LogP contribution in [0.1, 0.15) is 16.7 Å². The highest BCUT2D eigenvalue weighted by Gasteiger charge is 2.17. The number of methoxy groups -OCH3 is 2. The quantitative estimate of drug-likeness (QED) is 0.183. The Morgan fingerprint density at radius 3 is 2.47 bits per heavy atom. The summed E-state index contributed by atoms with van der Waals surface area (Å²) >= 11 is 3.40. The minimum Gasteiger partial charge on any atom is -0.503 e. The monoisotopic (exact) mass is 474 g/mol. The maximum absolute atomic E-state index is 12.1. The second-order valence-corrected chi connectivity index (χ2v) is 6.83. The van der Waals surface area contributed by atoms with Gasteiger partial charge in [-0.1, -0.05) is 64.1 Å². The molecule has 1 N–H and O–H groups in total. The number of nitrogens with zero attached hydrogens (tertiary/aromatic N) is 1. The molecule has 0 aliphatic rings. The molecule has 0 radical (unpaired) electrons. The molecule has 2 rings (SSSR count). The van der Waals surface area contributed by atoms with Crippen LogP contribution in [0.4, 0.5) is 0 Å². The number of ether oxygens (including phenoxy) is 2. The number of hydroxylamine groups is 1. The molecule has 2 aromatic carbocycles. The number of rotatable bonds is 10. The van der Waals surface area contributed by atoms with Gasteiger partial charge in [-0.05, 0) is 23.3 Å². The number of hydrogen-bond donors (Lipinski definition) is 1. The highest BCUT2D eigenvalue weighted by atomic mass is 79.9. The standard InChI is InChI=1S/C22H23BrN2O5/c1-15(21(25-29-4)16-9-11-18(23)12-10-16)24-30-13-17-7-5-6-8-19(17)20(14-27-2)22(26)28-3/h5-12,14,24H,1,13H2,2-4H3. The predicted molar refractivity (Wildman–Crippen MR) is 118 cm³/mol. The van der Waals surface area contributed by atoms with E-state index < -0.39 is 5.97 Å². The summed E-state index contributed by atoms with van der Waals surface area (Å²) in [6, 6.07) is 14.8. The van der Waals surface area contributed by atoms with Crippen molar-refractivity contribution in [2.75, 3.05) is 21.3 Å².